The van der Waals surface area contributed by atoms with Crippen molar-refractivity contribution in [2.24, 2.45) is 5.92 Å². The Morgan fingerprint density at radius 2 is 1.95 bits per heavy atom. The van der Waals surface area contributed by atoms with Crippen LogP contribution in [0.25, 0.3) is 0 Å². The fourth-order valence-electron chi connectivity index (χ4n) is 1.79. The van der Waals surface area contributed by atoms with Gasteiger partial charge in [0, 0.05) is 17.6 Å². The SMILES string of the molecule is CC(C)C(Br)C(=O)N(Cc1cccc(Cl)c1)C(C)C. The van der Waals surface area contributed by atoms with E-state index >= 15 is 0 Å². The van der Waals surface area contributed by atoms with Crippen molar-refractivity contribution in [1.29, 1.82) is 0 Å². The molecule has 1 aromatic rings. The van der Waals surface area contributed by atoms with Crippen LogP contribution in [0.2, 0.25) is 5.02 Å². The molecule has 0 bridgehead atoms. The first-order chi connectivity index (χ1) is 8.82. The van der Waals surface area contributed by atoms with Crippen molar-refractivity contribution in [3.8, 4) is 0 Å². The summed E-state index contributed by atoms with van der Waals surface area (Å²) in [6, 6.07) is 7.81. The average molecular weight is 347 g/mol. The summed E-state index contributed by atoms with van der Waals surface area (Å²) in [5, 5.41) is 0.702. The molecule has 0 N–H and O–H groups in total. The number of nitrogens with zero attached hydrogens (tertiary/aromatic N) is 1. The number of hydrogen-bond donors (Lipinski definition) is 0. The second-order valence-electron chi connectivity index (χ2n) is 5.34. The van der Waals surface area contributed by atoms with Gasteiger partial charge in [0.05, 0.1) is 4.83 Å². The third-order valence-corrected chi connectivity index (χ3v) is 4.65. The molecule has 0 saturated heterocycles. The highest BCUT2D eigenvalue weighted by atomic mass is 79.9. The molecule has 0 aromatic heterocycles. The molecular weight excluding hydrogens is 326 g/mol. The van der Waals surface area contributed by atoms with Crippen LogP contribution in [0.5, 0.6) is 0 Å². The Kier molecular flexibility index (Phi) is 6.34. The Balaban J connectivity index is 2.87. The zero-order chi connectivity index (χ0) is 14.6. The van der Waals surface area contributed by atoms with Crippen LogP contribution < -0.4 is 0 Å². The Labute approximate surface area is 129 Å². The van der Waals surface area contributed by atoms with Gasteiger partial charge in [-0.2, -0.15) is 0 Å². The maximum Gasteiger partial charge on any atom is 0.237 e. The van der Waals surface area contributed by atoms with Gasteiger partial charge in [0.2, 0.25) is 5.91 Å². The van der Waals surface area contributed by atoms with E-state index in [2.05, 4.69) is 15.9 Å². The molecule has 1 aromatic carbocycles. The lowest BCUT2D eigenvalue weighted by molar-refractivity contribution is -0.133. The van der Waals surface area contributed by atoms with Gasteiger partial charge < -0.3 is 4.90 Å². The van der Waals surface area contributed by atoms with Crippen molar-refractivity contribution < 1.29 is 4.79 Å². The third kappa shape index (κ3) is 4.81. The monoisotopic (exact) mass is 345 g/mol. The molecule has 1 atom stereocenters. The van der Waals surface area contributed by atoms with E-state index in [0.717, 1.165) is 5.56 Å². The molecule has 0 aliphatic carbocycles. The minimum Gasteiger partial charge on any atom is -0.335 e. The molecule has 1 rings (SSSR count). The fourth-order valence-corrected chi connectivity index (χ4v) is 2.27. The largest absolute Gasteiger partial charge is 0.335 e. The Morgan fingerprint density at radius 1 is 1.32 bits per heavy atom. The van der Waals surface area contributed by atoms with Gasteiger partial charge in [-0.15, -0.1) is 0 Å². The van der Waals surface area contributed by atoms with Crippen molar-refractivity contribution >= 4 is 33.4 Å². The maximum atomic E-state index is 12.5. The number of alkyl halides is 1. The normalized spacial score (nSPS) is 12.8. The predicted octanol–water partition coefficient (Wildman–Crippen LogP) is 4.50. The van der Waals surface area contributed by atoms with Gasteiger partial charge in [0.25, 0.3) is 0 Å². The van der Waals surface area contributed by atoms with Gasteiger partial charge in [0.15, 0.2) is 0 Å². The van der Waals surface area contributed by atoms with Crippen molar-refractivity contribution in [2.75, 3.05) is 0 Å². The van der Waals surface area contributed by atoms with Gasteiger partial charge in [-0.05, 0) is 37.5 Å². The summed E-state index contributed by atoms with van der Waals surface area (Å²) in [7, 11) is 0. The van der Waals surface area contributed by atoms with Crippen LogP contribution in [-0.2, 0) is 11.3 Å². The Morgan fingerprint density at radius 3 is 2.42 bits per heavy atom. The average Bonchev–Trinajstić information content (AvgIpc) is 2.33. The van der Waals surface area contributed by atoms with Gasteiger partial charge in [-0.1, -0.05) is 53.5 Å². The third-order valence-electron chi connectivity index (χ3n) is 2.97. The van der Waals surface area contributed by atoms with Gasteiger partial charge in [-0.3, -0.25) is 4.79 Å². The first-order valence-corrected chi connectivity index (χ1v) is 7.81. The van der Waals surface area contributed by atoms with Crippen LogP contribution in [0.3, 0.4) is 0 Å². The molecule has 0 spiro atoms. The van der Waals surface area contributed by atoms with Crippen molar-refractivity contribution in [1.82, 2.24) is 4.90 Å². The highest BCUT2D eigenvalue weighted by Gasteiger charge is 2.26. The summed E-state index contributed by atoms with van der Waals surface area (Å²) in [5.41, 5.74) is 1.05. The first kappa shape index (κ1) is 16.5. The second kappa shape index (κ2) is 7.30. The molecule has 1 unspecified atom stereocenters. The Bertz CT molecular complexity index is 434. The standard InChI is InChI=1S/C15H21BrClNO/c1-10(2)14(16)15(19)18(11(3)4)9-12-6-5-7-13(17)8-12/h5-8,10-11,14H,9H2,1-4H3. The number of benzene rings is 1. The number of hydrogen-bond acceptors (Lipinski definition) is 1. The minimum atomic E-state index is -0.144. The zero-order valence-electron chi connectivity index (χ0n) is 11.9. The quantitative estimate of drug-likeness (QED) is 0.719. The number of carbonyl (C=O) groups is 1. The summed E-state index contributed by atoms with van der Waals surface area (Å²) >= 11 is 9.47. The second-order valence-corrected chi connectivity index (χ2v) is 6.76. The summed E-state index contributed by atoms with van der Waals surface area (Å²) in [6.45, 7) is 8.72. The molecule has 0 fully saturated rings. The smallest absolute Gasteiger partial charge is 0.237 e. The van der Waals surface area contributed by atoms with Crippen LogP contribution in [0.4, 0.5) is 0 Å². The molecule has 19 heavy (non-hydrogen) atoms. The molecule has 0 radical (unpaired) electrons. The van der Waals surface area contributed by atoms with Crippen LogP contribution in [0.15, 0.2) is 24.3 Å². The first-order valence-electron chi connectivity index (χ1n) is 6.52. The molecule has 1 amide bonds. The summed E-state index contributed by atoms with van der Waals surface area (Å²) in [5.74, 6) is 0.401. The zero-order valence-corrected chi connectivity index (χ0v) is 14.2. The van der Waals surface area contributed by atoms with Gasteiger partial charge in [-0.25, -0.2) is 0 Å². The van der Waals surface area contributed by atoms with E-state index in [1.807, 2.05) is 56.9 Å². The number of halogens is 2. The molecule has 106 valence electrons. The Hall–Kier alpha value is -0.540. The number of rotatable bonds is 5. The summed E-state index contributed by atoms with van der Waals surface area (Å²) in [6.07, 6.45) is 0. The van der Waals surface area contributed by atoms with Crippen LogP contribution in [-0.4, -0.2) is 21.7 Å². The number of carbonyl (C=O) groups excluding carboxylic acids is 1. The maximum absolute atomic E-state index is 12.5. The molecule has 2 nitrogen and oxygen atoms in total. The molecule has 0 aliphatic heterocycles. The predicted molar refractivity (Wildman–Crippen MR) is 84.7 cm³/mol. The molecule has 4 heteroatoms. The van der Waals surface area contributed by atoms with E-state index in [0.29, 0.717) is 11.6 Å². The molecule has 0 aliphatic rings. The topological polar surface area (TPSA) is 20.3 Å². The van der Waals surface area contributed by atoms with E-state index in [1.54, 1.807) is 0 Å². The molecule has 0 saturated carbocycles. The lowest BCUT2D eigenvalue weighted by atomic mass is 10.1. The van der Waals surface area contributed by atoms with Gasteiger partial charge in [0.1, 0.15) is 0 Å². The summed E-state index contributed by atoms with van der Waals surface area (Å²) in [4.78, 5) is 14.2. The van der Waals surface area contributed by atoms with Crippen molar-refractivity contribution in [3.05, 3.63) is 34.9 Å². The van der Waals surface area contributed by atoms with E-state index < -0.39 is 0 Å². The lowest BCUT2D eigenvalue weighted by Crippen LogP contribution is -2.42. The van der Waals surface area contributed by atoms with Gasteiger partial charge >= 0.3 is 0 Å². The van der Waals surface area contributed by atoms with E-state index in [-0.39, 0.29) is 22.7 Å². The van der Waals surface area contributed by atoms with E-state index in [1.165, 1.54) is 0 Å². The lowest BCUT2D eigenvalue weighted by Gasteiger charge is -2.30. The van der Waals surface area contributed by atoms with Crippen LogP contribution in [0, 0.1) is 5.92 Å². The number of amides is 1. The molecular formula is C15H21BrClNO. The van der Waals surface area contributed by atoms with Crippen LogP contribution in [0.1, 0.15) is 33.3 Å². The van der Waals surface area contributed by atoms with E-state index in [4.69, 9.17) is 11.6 Å². The fraction of sp³-hybridized carbons (Fsp3) is 0.533. The van der Waals surface area contributed by atoms with Crippen molar-refractivity contribution in [3.63, 3.8) is 0 Å². The minimum absolute atomic E-state index is 0.130. The highest BCUT2D eigenvalue weighted by Crippen LogP contribution is 2.20. The van der Waals surface area contributed by atoms with E-state index in [9.17, 15) is 4.79 Å². The van der Waals surface area contributed by atoms with Crippen molar-refractivity contribution in [2.45, 2.75) is 45.1 Å². The molecule has 0 heterocycles. The highest BCUT2D eigenvalue weighted by molar-refractivity contribution is 9.10. The van der Waals surface area contributed by atoms with Crippen LogP contribution >= 0.6 is 27.5 Å². The summed E-state index contributed by atoms with van der Waals surface area (Å²) < 4.78 is 0.